The number of aromatic nitrogens is 2. The molecule has 152 valence electrons. The molecule has 1 aromatic heterocycles. The van der Waals surface area contributed by atoms with Gasteiger partial charge in [-0.15, -0.1) is 0 Å². The molecule has 3 aromatic carbocycles. The predicted octanol–water partition coefficient (Wildman–Crippen LogP) is 5.57. The Morgan fingerprint density at radius 1 is 1.07 bits per heavy atom. The highest BCUT2D eigenvalue weighted by atomic mass is 79.9. The van der Waals surface area contributed by atoms with E-state index in [-0.39, 0.29) is 5.56 Å². The second kappa shape index (κ2) is 8.90. The lowest BCUT2D eigenvalue weighted by atomic mass is 10.1. The Hall–Kier alpha value is -2.83. The summed E-state index contributed by atoms with van der Waals surface area (Å²) in [5, 5.41) is 1.19. The van der Waals surface area contributed by atoms with Crippen LogP contribution in [0.3, 0.4) is 0 Å². The molecule has 0 N–H and O–H groups in total. The van der Waals surface area contributed by atoms with Crippen molar-refractivity contribution < 1.29 is 9.47 Å². The quantitative estimate of drug-likeness (QED) is 0.358. The highest BCUT2D eigenvalue weighted by Gasteiger charge is 2.13. The maximum atomic E-state index is 13.2. The zero-order chi connectivity index (χ0) is 21.1. The van der Waals surface area contributed by atoms with E-state index >= 15 is 0 Å². The third-order valence-corrected chi connectivity index (χ3v) is 5.53. The van der Waals surface area contributed by atoms with Gasteiger partial charge in [0.2, 0.25) is 0 Å². The molecule has 7 heteroatoms. The Morgan fingerprint density at radius 3 is 2.57 bits per heavy atom. The summed E-state index contributed by atoms with van der Waals surface area (Å²) in [6, 6.07) is 20.1. The van der Waals surface area contributed by atoms with Crippen LogP contribution in [0.4, 0.5) is 0 Å². The number of ether oxygens (including phenoxy) is 2. The van der Waals surface area contributed by atoms with Gasteiger partial charge >= 0.3 is 0 Å². The largest absolute Gasteiger partial charge is 0.497 e. The third-order valence-electron chi connectivity index (χ3n) is 4.68. The van der Waals surface area contributed by atoms with Crippen LogP contribution in [-0.2, 0) is 6.54 Å². The third kappa shape index (κ3) is 4.20. The SMILES string of the molecule is COc1ccc(-c2nc3ccccc3c(=O)n2CCOc2ccc(Cl)cc2Br)cc1. The van der Waals surface area contributed by atoms with Gasteiger partial charge in [-0.1, -0.05) is 23.7 Å². The molecule has 0 amide bonds. The molecular formula is C23H18BrClN2O3. The van der Waals surface area contributed by atoms with Gasteiger partial charge in [0.1, 0.15) is 23.9 Å². The van der Waals surface area contributed by atoms with E-state index < -0.39 is 0 Å². The molecule has 0 bridgehead atoms. The summed E-state index contributed by atoms with van der Waals surface area (Å²) in [4.78, 5) is 18.0. The first kappa shape index (κ1) is 20.4. The molecule has 5 nitrogen and oxygen atoms in total. The molecule has 0 unspecified atom stereocenters. The van der Waals surface area contributed by atoms with Crippen molar-refractivity contribution in [3.05, 3.63) is 86.6 Å². The van der Waals surface area contributed by atoms with E-state index in [9.17, 15) is 4.79 Å². The van der Waals surface area contributed by atoms with Crippen LogP contribution < -0.4 is 15.0 Å². The average molecular weight is 486 g/mol. The van der Waals surface area contributed by atoms with Crippen LogP contribution in [-0.4, -0.2) is 23.3 Å². The fraction of sp³-hybridized carbons (Fsp3) is 0.130. The van der Waals surface area contributed by atoms with Crippen LogP contribution in [0.5, 0.6) is 11.5 Å². The van der Waals surface area contributed by atoms with Crippen molar-refractivity contribution in [1.82, 2.24) is 9.55 Å². The summed E-state index contributed by atoms with van der Waals surface area (Å²) in [5.41, 5.74) is 1.38. The van der Waals surface area contributed by atoms with Gasteiger partial charge in [0.05, 0.1) is 29.0 Å². The molecule has 0 saturated carbocycles. The molecule has 0 spiro atoms. The molecular weight excluding hydrogens is 468 g/mol. The highest BCUT2D eigenvalue weighted by molar-refractivity contribution is 9.10. The van der Waals surface area contributed by atoms with Crippen molar-refractivity contribution in [2.75, 3.05) is 13.7 Å². The number of rotatable bonds is 6. The maximum absolute atomic E-state index is 13.2. The van der Waals surface area contributed by atoms with Gasteiger partial charge < -0.3 is 9.47 Å². The van der Waals surface area contributed by atoms with Gasteiger partial charge in [0.15, 0.2) is 0 Å². The monoisotopic (exact) mass is 484 g/mol. The lowest BCUT2D eigenvalue weighted by molar-refractivity contribution is 0.295. The maximum Gasteiger partial charge on any atom is 0.261 e. The van der Waals surface area contributed by atoms with Gasteiger partial charge in [-0.05, 0) is 70.5 Å². The van der Waals surface area contributed by atoms with Crippen molar-refractivity contribution in [2.45, 2.75) is 6.54 Å². The fourth-order valence-corrected chi connectivity index (χ4v) is 3.97. The Kier molecular flexibility index (Phi) is 6.06. The highest BCUT2D eigenvalue weighted by Crippen LogP contribution is 2.28. The van der Waals surface area contributed by atoms with E-state index in [0.29, 0.717) is 40.7 Å². The van der Waals surface area contributed by atoms with E-state index in [2.05, 4.69) is 15.9 Å². The van der Waals surface area contributed by atoms with Crippen molar-refractivity contribution >= 4 is 38.4 Å². The van der Waals surface area contributed by atoms with E-state index in [4.69, 9.17) is 26.1 Å². The van der Waals surface area contributed by atoms with Gasteiger partial charge in [-0.25, -0.2) is 4.98 Å². The molecule has 0 aliphatic rings. The minimum Gasteiger partial charge on any atom is -0.497 e. The van der Waals surface area contributed by atoms with E-state index in [1.165, 1.54) is 0 Å². The number of para-hydroxylation sites is 1. The second-order valence-electron chi connectivity index (χ2n) is 6.56. The molecule has 0 radical (unpaired) electrons. The molecule has 30 heavy (non-hydrogen) atoms. The first-order valence-corrected chi connectivity index (χ1v) is 10.5. The average Bonchev–Trinajstić information content (AvgIpc) is 2.76. The molecule has 4 rings (SSSR count). The molecule has 1 heterocycles. The summed E-state index contributed by atoms with van der Waals surface area (Å²) in [6.45, 7) is 0.635. The number of hydrogen-bond acceptors (Lipinski definition) is 4. The number of halogens is 2. The number of hydrogen-bond donors (Lipinski definition) is 0. The molecule has 0 aliphatic heterocycles. The summed E-state index contributed by atoms with van der Waals surface area (Å²) in [6.07, 6.45) is 0. The Bertz CT molecular complexity index is 1260. The zero-order valence-corrected chi connectivity index (χ0v) is 18.5. The number of nitrogens with zero attached hydrogens (tertiary/aromatic N) is 2. The zero-order valence-electron chi connectivity index (χ0n) is 16.1. The van der Waals surface area contributed by atoms with Crippen molar-refractivity contribution in [3.63, 3.8) is 0 Å². The van der Waals surface area contributed by atoms with E-state index in [0.717, 1.165) is 15.8 Å². The van der Waals surface area contributed by atoms with Crippen molar-refractivity contribution in [2.24, 2.45) is 0 Å². The smallest absolute Gasteiger partial charge is 0.261 e. The Balaban J connectivity index is 1.71. The van der Waals surface area contributed by atoms with Crippen LogP contribution in [0.2, 0.25) is 5.02 Å². The first-order valence-electron chi connectivity index (χ1n) is 9.28. The summed E-state index contributed by atoms with van der Waals surface area (Å²) in [5.74, 6) is 1.98. The fourth-order valence-electron chi connectivity index (χ4n) is 3.18. The van der Waals surface area contributed by atoms with Crippen LogP contribution in [0, 0.1) is 0 Å². The number of fused-ring (bicyclic) bond motifs is 1. The first-order chi connectivity index (χ1) is 14.6. The summed E-state index contributed by atoms with van der Waals surface area (Å²) < 4.78 is 13.5. The molecule has 0 fully saturated rings. The minimum atomic E-state index is -0.106. The van der Waals surface area contributed by atoms with Crippen LogP contribution in [0.15, 0.2) is 76.0 Å². The molecule has 0 aliphatic carbocycles. The molecule has 4 aromatic rings. The topological polar surface area (TPSA) is 53.3 Å². The molecule has 0 atom stereocenters. The number of methoxy groups -OCH3 is 1. The van der Waals surface area contributed by atoms with Gasteiger partial charge in [-0.2, -0.15) is 0 Å². The van der Waals surface area contributed by atoms with E-state index in [1.54, 1.807) is 35.9 Å². The Labute approximate surface area is 187 Å². The normalized spacial score (nSPS) is 10.9. The van der Waals surface area contributed by atoms with Crippen LogP contribution in [0.25, 0.3) is 22.3 Å². The van der Waals surface area contributed by atoms with Crippen molar-refractivity contribution in [3.8, 4) is 22.9 Å². The van der Waals surface area contributed by atoms with Gasteiger partial charge in [-0.3, -0.25) is 9.36 Å². The molecule has 0 saturated heterocycles. The predicted molar refractivity (Wildman–Crippen MR) is 123 cm³/mol. The van der Waals surface area contributed by atoms with Crippen molar-refractivity contribution in [1.29, 1.82) is 0 Å². The van der Waals surface area contributed by atoms with Gasteiger partial charge in [0, 0.05) is 10.6 Å². The van der Waals surface area contributed by atoms with Gasteiger partial charge in [0.25, 0.3) is 5.56 Å². The summed E-state index contributed by atoms with van der Waals surface area (Å²) >= 11 is 9.43. The van der Waals surface area contributed by atoms with E-state index in [1.807, 2.05) is 42.5 Å². The second-order valence-corrected chi connectivity index (χ2v) is 7.85. The lowest BCUT2D eigenvalue weighted by Gasteiger charge is -2.15. The minimum absolute atomic E-state index is 0.106. The lowest BCUT2D eigenvalue weighted by Crippen LogP contribution is -2.26. The standard InChI is InChI=1S/C23H18BrClN2O3/c1-29-17-9-6-15(7-10-17)22-26-20-5-3-2-4-18(20)23(28)27(22)12-13-30-21-11-8-16(25)14-19(21)24/h2-11,14H,12-13H2,1H3. The number of benzene rings is 3. The Morgan fingerprint density at radius 2 is 1.83 bits per heavy atom. The van der Waals surface area contributed by atoms with Crippen LogP contribution >= 0.6 is 27.5 Å². The summed E-state index contributed by atoms with van der Waals surface area (Å²) in [7, 11) is 1.62. The van der Waals surface area contributed by atoms with Crippen LogP contribution in [0.1, 0.15) is 0 Å².